The van der Waals surface area contributed by atoms with Gasteiger partial charge in [-0.25, -0.2) is 10.2 Å². The maximum Gasteiger partial charge on any atom is 0.285 e. The van der Waals surface area contributed by atoms with E-state index in [4.69, 9.17) is 5.84 Å². The molecule has 0 saturated carbocycles. The molecule has 1 amide bonds. The number of hydrazine groups is 1. The summed E-state index contributed by atoms with van der Waals surface area (Å²) >= 11 is 0. The normalized spacial score (nSPS) is 10.4. The van der Waals surface area contributed by atoms with E-state index in [1.54, 1.807) is 22.9 Å². The first-order valence-corrected chi connectivity index (χ1v) is 5.50. The molecule has 1 aromatic heterocycles. The van der Waals surface area contributed by atoms with Crippen molar-refractivity contribution in [2.45, 2.75) is 13.5 Å². The Hall–Kier alpha value is -2.21. The number of nitrogens with zero attached hydrogens (tertiary/aromatic N) is 2. The van der Waals surface area contributed by atoms with Crippen molar-refractivity contribution in [1.29, 1.82) is 0 Å². The van der Waals surface area contributed by atoms with Gasteiger partial charge in [0.15, 0.2) is 5.69 Å². The van der Waals surface area contributed by atoms with Crippen molar-refractivity contribution in [2.75, 3.05) is 0 Å². The molecule has 0 spiro atoms. The Morgan fingerprint density at radius 3 is 2.67 bits per heavy atom. The summed E-state index contributed by atoms with van der Waals surface area (Å²) in [7, 11) is 0. The first kappa shape index (κ1) is 12.3. The summed E-state index contributed by atoms with van der Waals surface area (Å²) in [4.78, 5) is 11.4. The third kappa shape index (κ3) is 2.23. The van der Waals surface area contributed by atoms with Crippen LogP contribution in [0.15, 0.2) is 30.3 Å². The van der Waals surface area contributed by atoms with Crippen molar-refractivity contribution < 1.29 is 9.18 Å². The van der Waals surface area contributed by atoms with Crippen molar-refractivity contribution >= 4 is 5.91 Å². The van der Waals surface area contributed by atoms with Crippen LogP contribution < -0.4 is 11.3 Å². The smallest absolute Gasteiger partial charge is 0.285 e. The number of nitrogen functional groups attached to an aromatic ring is 1. The Labute approximate surface area is 103 Å². The molecule has 0 fully saturated rings. The summed E-state index contributed by atoms with van der Waals surface area (Å²) < 4.78 is 14.5. The van der Waals surface area contributed by atoms with Crippen molar-refractivity contribution in [3.05, 3.63) is 41.8 Å². The second-order valence-corrected chi connectivity index (χ2v) is 3.71. The van der Waals surface area contributed by atoms with Crippen LogP contribution in [0.1, 0.15) is 17.4 Å². The standard InChI is InChI=1S/C12H13FN4O/c1-2-17-11(7-10(16-17)12(18)15-14)8-3-5-9(13)6-4-8/h3-7H,2,14H2,1H3,(H,15,18). The van der Waals surface area contributed by atoms with Gasteiger partial charge in [-0.3, -0.25) is 14.9 Å². The van der Waals surface area contributed by atoms with Crippen molar-refractivity contribution in [3.63, 3.8) is 0 Å². The van der Waals surface area contributed by atoms with E-state index in [9.17, 15) is 9.18 Å². The average Bonchev–Trinajstić information content (AvgIpc) is 2.83. The van der Waals surface area contributed by atoms with E-state index in [1.165, 1.54) is 12.1 Å². The van der Waals surface area contributed by atoms with E-state index >= 15 is 0 Å². The lowest BCUT2D eigenvalue weighted by Gasteiger charge is -2.03. The van der Waals surface area contributed by atoms with Crippen LogP contribution in [0.5, 0.6) is 0 Å². The van der Waals surface area contributed by atoms with Crippen LogP contribution in [0.4, 0.5) is 4.39 Å². The lowest BCUT2D eigenvalue weighted by molar-refractivity contribution is 0.0948. The van der Waals surface area contributed by atoms with Crippen LogP contribution in [0.3, 0.4) is 0 Å². The number of benzene rings is 1. The minimum Gasteiger partial charge on any atom is -0.289 e. The number of nitrogens with two attached hydrogens (primary N) is 1. The Bertz CT molecular complexity index is 562. The number of halogens is 1. The largest absolute Gasteiger partial charge is 0.289 e. The fourth-order valence-electron chi connectivity index (χ4n) is 1.70. The van der Waals surface area contributed by atoms with E-state index in [-0.39, 0.29) is 11.5 Å². The molecule has 0 saturated heterocycles. The van der Waals surface area contributed by atoms with Crippen LogP contribution >= 0.6 is 0 Å². The summed E-state index contributed by atoms with van der Waals surface area (Å²) in [6.45, 7) is 2.51. The molecule has 3 N–H and O–H groups in total. The van der Waals surface area contributed by atoms with E-state index in [0.29, 0.717) is 6.54 Å². The van der Waals surface area contributed by atoms with E-state index < -0.39 is 5.91 Å². The molecule has 1 heterocycles. The molecule has 2 aromatic rings. The number of amides is 1. The van der Waals surface area contributed by atoms with Gasteiger partial charge in [-0.2, -0.15) is 5.10 Å². The number of aromatic nitrogens is 2. The first-order chi connectivity index (χ1) is 8.65. The molecule has 0 aliphatic rings. The molecule has 0 aliphatic heterocycles. The predicted octanol–water partition coefficient (Wildman–Crippen LogP) is 1.31. The van der Waals surface area contributed by atoms with Gasteiger partial charge in [-0.05, 0) is 37.3 Å². The van der Waals surface area contributed by atoms with Crippen LogP contribution in [0.25, 0.3) is 11.3 Å². The molecule has 94 valence electrons. The lowest BCUT2D eigenvalue weighted by Crippen LogP contribution is -2.30. The molecule has 1 aromatic carbocycles. The maximum atomic E-state index is 12.9. The summed E-state index contributed by atoms with van der Waals surface area (Å²) in [5.41, 5.74) is 3.81. The Morgan fingerprint density at radius 1 is 1.44 bits per heavy atom. The second-order valence-electron chi connectivity index (χ2n) is 3.71. The number of carbonyl (C=O) groups excluding carboxylic acids is 1. The van der Waals surface area contributed by atoms with Crippen LogP contribution in [0, 0.1) is 5.82 Å². The van der Waals surface area contributed by atoms with Gasteiger partial charge in [0, 0.05) is 12.1 Å². The van der Waals surface area contributed by atoms with Gasteiger partial charge in [0.1, 0.15) is 5.82 Å². The molecule has 2 rings (SSSR count). The quantitative estimate of drug-likeness (QED) is 0.488. The van der Waals surface area contributed by atoms with Gasteiger partial charge >= 0.3 is 0 Å². The third-order valence-electron chi connectivity index (χ3n) is 2.58. The molecule has 5 nitrogen and oxygen atoms in total. The number of hydrogen-bond donors (Lipinski definition) is 2. The zero-order chi connectivity index (χ0) is 13.1. The van der Waals surface area contributed by atoms with E-state index in [1.807, 2.05) is 12.3 Å². The van der Waals surface area contributed by atoms with Gasteiger partial charge in [-0.15, -0.1) is 0 Å². The van der Waals surface area contributed by atoms with Gasteiger partial charge < -0.3 is 0 Å². The summed E-state index contributed by atoms with van der Waals surface area (Å²) in [6, 6.07) is 7.64. The highest BCUT2D eigenvalue weighted by Crippen LogP contribution is 2.21. The van der Waals surface area contributed by atoms with Crippen molar-refractivity contribution in [3.8, 4) is 11.3 Å². The molecule has 0 bridgehead atoms. The zero-order valence-corrected chi connectivity index (χ0v) is 9.85. The maximum absolute atomic E-state index is 12.9. The zero-order valence-electron chi connectivity index (χ0n) is 9.85. The highest BCUT2D eigenvalue weighted by atomic mass is 19.1. The van der Waals surface area contributed by atoms with Gasteiger partial charge in [0.05, 0.1) is 5.69 Å². The van der Waals surface area contributed by atoms with Crippen molar-refractivity contribution in [2.24, 2.45) is 5.84 Å². The highest BCUT2D eigenvalue weighted by molar-refractivity contribution is 5.92. The third-order valence-corrected chi connectivity index (χ3v) is 2.58. The van der Waals surface area contributed by atoms with Gasteiger partial charge in [0.25, 0.3) is 5.91 Å². The monoisotopic (exact) mass is 248 g/mol. The lowest BCUT2D eigenvalue weighted by atomic mass is 10.1. The van der Waals surface area contributed by atoms with Crippen molar-refractivity contribution in [1.82, 2.24) is 15.2 Å². The van der Waals surface area contributed by atoms with Gasteiger partial charge in [0.2, 0.25) is 0 Å². The second kappa shape index (κ2) is 4.97. The Kier molecular flexibility index (Phi) is 3.38. The highest BCUT2D eigenvalue weighted by Gasteiger charge is 2.13. The number of nitrogens with one attached hydrogen (secondary N) is 1. The first-order valence-electron chi connectivity index (χ1n) is 5.50. The summed E-state index contributed by atoms with van der Waals surface area (Å²) in [6.07, 6.45) is 0. The number of hydrogen-bond acceptors (Lipinski definition) is 3. The number of aryl methyl sites for hydroxylation is 1. The van der Waals surface area contributed by atoms with Crippen LogP contribution in [-0.2, 0) is 6.54 Å². The minimum atomic E-state index is -0.453. The molecular formula is C12H13FN4O. The molecule has 0 aliphatic carbocycles. The molecular weight excluding hydrogens is 235 g/mol. The molecule has 0 atom stereocenters. The van der Waals surface area contributed by atoms with Gasteiger partial charge in [-0.1, -0.05) is 0 Å². The fraction of sp³-hybridized carbons (Fsp3) is 0.167. The minimum absolute atomic E-state index is 0.235. The predicted molar refractivity (Wildman–Crippen MR) is 64.9 cm³/mol. The topological polar surface area (TPSA) is 72.9 Å². The summed E-state index contributed by atoms with van der Waals surface area (Å²) in [5.74, 6) is 4.31. The fourth-order valence-corrected chi connectivity index (χ4v) is 1.70. The van der Waals surface area contributed by atoms with E-state index in [2.05, 4.69) is 5.10 Å². The Morgan fingerprint density at radius 2 is 2.11 bits per heavy atom. The Balaban J connectivity index is 2.46. The molecule has 0 radical (unpaired) electrons. The van der Waals surface area contributed by atoms with Crippen LogP contribution in [-0.4, -0.2) is 15.7 Å². The van der Waals surface area contributed by atoms with E-state index in [0.717, 1.165) is 11.3 Å². The number of carbonyl (C=O) groups is 1. The summed E-state index contributed by atoms with van der Waals surface area (Å²) in [5, 5.41) is 4.13. The average molecular weight is 248 g/mol. The molecule has 0 unspecified atom stereocenters. The molecule has 18 heavy (non-hydrogen) atoms. The number of rotatable bonds is 3. The molecule has 6 heteroatoms. The van der Waals surface area contributed by atoms with Crippen LogP contribution in [0.2, 0.25) is 0 Å². The SMILES string of the molecule is CCn1nc(C(=O)NN)cc1-c1ccc(F)cc1.